The molecule has 0 aliphatic heterocycles. The number of rotatable bonds is 5. The highest BCUT2D eigenvalue weighted by Crippen LogP contribution is 2.07. The molecule has 1 heterocycles. The Morgan fingerprint density at radius 1 is 1.65 bits per heavy atom. The number of nitrogens with zero attached hydrogens (tertiary/aromatic N) is 2. The van der Waals surface area contributed by atoms with Gasteiger partial charge in [-0.05, 0) is 30.5 Å². The average molecular weight is 231 g/mol. The van der Waals surface area contributed by atoms with Crippen LogP contribution in [0, 0.1) is 24.2 Å². The van der Waals surface area contributed by atoms with Crippen molar-refractivity contribution in [3.05, 3.63) is 29.6 Å². The van der Waals surface area contributed by atoms with Crippen LogP contribution in [0.1, 0.15) is 30.9 Å². The first-order valence-corrected chi connectivity index (χ1v) is 5.75. The van der Waals surface area contributed by atoms with Crippen molar-refractivity contribution in [1.82, 2.24) is 10.3 Å². The first-order valence-electron chi connectivity index (χ1n) is 5.75. The fraction of sp³-hybridized carbons (Fsp3) is 0.462. The summed E-state index contributed by atoms with van der Waals surface area (Å²) in [6.45, 7) is 4.36. The maximum absolute atomic E-state index is 11.7. The molecular weight excluding hydrogens is 214 g/mol. The first kappa shape index (κ1) is 13.2. The lowest BCUT2D eigenvalue weighted by molar-refractivity contribution is -0.123. The molecule has 0 aliphatic carbocycles. The van der Waals surface area contributed by atoms with Gasteiger partial charge in [-0.1, -0.05) is 13.3 Å². The third-order valence-electron chi connectivity index (χ3n) is 2.64. The molecule has 4 nitrogen and oxygen atoms in total. The number of aromatic nitrogens is 1. The third kappa shape index (κ3) is 3.87. The van der Waals surface area contributed by atoms with E-state index in [1.807, 2.05) is 26.0 Å². The monoisotopic (exact) mass is 231 g/mol. The number of hydrogen-bond acceptors (Lipinski definition) is 3. The fourth-order valence-corrected chi connectivity index (χ4v) is 1.55. The standard InChI is InChI=1S/C13H17N3O/c1-3-4-11(7-14)13(17)16-9-12-5-6-15-8-10(12)2/h5-6,8,11H,3-4,9H2,1-2H3,(H,16,17). The molecule has 1 amide bonds. The van der Waals surface area contributed by atoms with Crippen LogP contribution < -0.4 is 5.32 Å². The fourth-order valence-electron chi connectivity index (χ4n) is 1.55. The summed E-state index contributed by atoms with van der Waals surface area (Å²) in [6, 6.07) is 3.90. The maximum atomic E-state index is 11.7. The highest BCUT2D eigenvalue weighted by molar-refractivity contribution is 5.80. The van der Waals surface area contributed by atoms with Gasteiger partial charge in [0, 0.05) is 18.9 Å². The number of hydrogen-bond donors (Lipinski definition) is 1. The molecule has 0 spiro atoms. The van der Waals surface area contributed by atoms with Gasteiger partial charge < -0.3 is 5.32 Å². The summed E-state index contributed by atoms with van der Waals surface area (Å²) in [5.74, 6) is -0.729. The number of carbonyl (C=O) groups excluding carboxylic acids is 1. The summed E-state index contributed by atoms with van der Waals surface area (Å²) >= 11 is 0. The minimum absolute atomic E-state index is 0.189. The van der Waals surface area contributed by atoms with Crippen LogP contribution in [0.4, 0.5) is 0 Å². The SMILES string of the molecule is CCCC(C#N)C(=O)NCc1ccncc1C. The summed E-state index contributed by atoms with van der Waals surface area (Å²) in [5.41, 5.74) is 2.07. The predicted octanol–water partition coefficient (Wildman–Crippen LogP) is 1.95. The van der Waals surface area contributed by atoms with Crippen molar-refractivity contribution in [3.63, 3.8) is 0 Å². The van der Waals surface area contributed by atoms with E-state index in [1.165, 1.54) is 0 Å². The Labute approximate surface area is 102 Å². The van der Waals surface area contributed by atoms with E-state index >= 15 is 0 Å². The van der Waals surface area contributed by atoms with E-state index < -0.39 is 5.92 Å². The van der Waals surface area contributed by atoms with E-state index in [2.05, 4.69) is 10.3 Å². The minimum atomic E-state index is -0.540. The zero-order chi connectivity index (χ0) is 12.7. The van der Waals surface area contributed by atoms with Crippen LogP contribution in [0.5, 0.6) is 0 Å². The molecule has 0 aromatic carbocycles. The highest BCUT2D eigenvalue weighted by atomic mass is 16.1. The average Bonchev–Trinajstić information content (AvgIpc) is 2.34. The Morgan fingerprint density at radius 3 is 3.00 bits per heavy atom. The second-order valence-corrected chi connectivity index (χ2v) is 3.99. The molecule has 0 saturated heterocycles. The summed E-state index contributed by atoms with van der Waals surface area (Å²) < 4.78 is 0. The topological polar surface area (TPSA) is 65.8 Å². The molecule has 1 unspecified atom stereocenters. The lowest BCUT2D eigenvalue weighted by atomic mass is 10.0. The van der Waals surface area contributed by atoms with Gasteiger partial charge in [0.2, 0.25) is 5.91 Å². The van der Waals surface area contributed by atoms with Crippen molar-refractivity contribution >= 4 is 5.91 Å². The summed E-state index contributed by atoms with van der Waals surface area (Å²) in [5, 5.41) is 11.6. The highest BCUT2D eigenvalue weighted by Gasteiger charge is 2.16. The van der Waals surface area contributed by atoms with Gasteiger partial charge in [-0.3, -0.25) is 9.78 Å². The molecule has 1 aromatic rings. The molecular formula is C13H17N3O. The van der Waals surface area contributed by atoms with Crippen LogP contribution in [0.25, 0.3) is 0 Å². The smallest absolute Gasteiger partial charge is 0.237 e. The molecule has 0 bridgehead atoms. The lowest BCUT2D eigenvalue weighted by Gasteiger charge is -2.10. The van der Waals surface area contributed by atoms with Crippen molar-refractivity contribution in [1.29, 1.82) is 5.26 Å². The maximum Gasteiger partial charge on any atom is 0.237 e. The summed E-state index contributed by atoms with van der Waals surface area (Å²) in [6.07, 6.45) is 4.90. The number of aryl methyl sites for hydroxylation is 1. The molecule has 17 heavy (non-hydrogen) atoms. The van der Waals surface area contributed by atoms with Gasteiger partial charge in [0.15, 0.2) is 0 Å². The zero-order valence-corrected chi connectivity index (χ0v) is 10.2. The van der Waals surface area contributed by atoms with Gasteiger partial charge in [-0.25, -0.2) is 0 Å². The van der Waals surface area contributed by atoms with E-state index in [-0.39, 0.29) is 5.91 Å². The van der Waals surface area contributed by atoms with Crippen LogP contribution in [-0.4, -0.2) is 10.9 Å². The molecule has 1 N–H and O–H groups in total. The van der Waals surface area contributed by atoms with Gasteiger partial charge in [0.05, 0.1) is 6.07 Å². The Balaban J connectivity index is 2.54. The molecule has 4 heteroatoms. The Hall–Kier alpha value is -1.89. The van der Waals surface area contributed by atoms with Crippen molar-refractivity contribution in [3.8, 4) is 6.07 Å². The van der Waals surface area contributed by atoms with Gasteiger partial charge >= 0.3 is 0 Å². The van der Waals surface area contributed by atoms with Gasteiger partial charge in [-0.15, -0.1) is 0 Å². The lowest BCUT2D eigenvalue weighted by Crippen LogP contribution is -2.29. The molecule has 0 saturated carbocycles. The van der Waals surface area contributed by atoms with Crippen LogP contribution in [0.15, 0.2) is 18.5 Å². The van der Waals surface area contributed by atoms with E-state index in [0.29, 0.717) is 13.0 Å². The Kier molecular flexibility index (Phi) is 5.15. The third-order valence-corrected chi connectivity index (χ3v) is 2.64. The van der Waals surface area contributed by atoms with Crippen molar-refractivity contribution in [2.45, 2.75) is 33.2 Å². The van der Waals surface area contributed by atoms with Crippen molar-refractivity contribution in [2.24, 2.45) is 5.92 Å². The minimum Gasteiger partial charge on any atom is -0.351 e. The van der Waals surface area contributed by atoms with Gasteiger partial charge in [0.25, 0.3) is 0 Å². The van der Waals surface area contributed by atoms with Crippen molar-refractivity contribution in [2.75, 3.05) is 0 Å². The zero-order valence-electron chi connectivity index (χ0n) is 10.2. The van der Waals surface area contributed by atoms with Crippen LogP contribution in [0.2, 0.25) is 0 Å². The van der Waals surface area contributed by atoms with Crippen LogP contribution in [0.3, 0.4) is 0 Å². The number of carbonyl (C=O) groups is 1. The summed E-state index contributed by atoms with van der Waals surface area (Å²) in [7, 11) is 0. The largest absolute Gasteiger partial charge is 0.351 e. The normalized spacial score (nSPS) is 11.6. The molecule has 0 radical (unpaired) electrons. The van der Waals surface area contributed by atoms with Gasteiger partial charge in [-0.2, -0.15) is 5.26 Å². The molecule has 1 aromatic heterocycles. The molecule has 1 rings (SSSR count). The van der Waals surface area contributed by atoms with Crippen LogP contribution in [-0.2, 0) is 11.3 Å². The predicted molar refractivity (Wildman–Crippen MR) is 64.8 cm³/mol. The molecule has 1 atom stereocenters. The van der Waals surface area contributed by atoms with Crippen molar-refractivity contribution < 1.29 is 4.79 Å². The second kappa shape index (κ2) is 6.64. The second-order valence-electron chi connectivity index (χ2n) is 3.99. The molecule has 0 fully saturated rings. The quantitative estimate of drug-likeness (QED) is 0.842. The number of pyridine rings is 1. The Morgan fingerprint density at radius 2 is 2.41 bits per heavy atom. The van der Waals surface area contributed by atoms with E-state index in [4.69, 9.17) is 5.26 Å². The van der Waals surface area contributed by atoms with E-state index in [0.717, 1.165) is 17.5 Å². The van der Waals surface area contributed by atoms with E-state index in [1.54, 1.807) is 12.4 Å². The van der Waals surface area contributed by atoms with Gasteiger partial charge in [0.1, 0.15) is 5.92 Å². The summed E-state index contributed by atoms with van der Waals surface area (Å²) in [4.78, 5) is 15.7. The first-order chi connectivity index (χ1) is 8.19. The number of nitrogens with one attached hydrogen (secondary N) is 1. The molecule has 90 valence electrons. The van der Waals surface area contributed by atoms with Crippen LogP contribution >= 0.6 is 0 Å². The van der Waals surface area contributed by atoms with E-state index in [9.17, 15) is 4.79 Å². The number of nitriles is 1. The molecule has 0 aliphatic rings. The number of amides is 1. The Bertz CT molecular complexity index is 423.